The molecule has 1 aliphatic rings. The highest BCUT2D eigenvalue weighted by molar-refractivity contribution is 6.25. The van der Waals surface area contributed by atoms with Crippen molar-refractivity contribution in [2.45, 2.75) is 5.50 Å². The van der Waals surface area contributed by atoms with Crippen molar-refractivity contribution in [3.05, 3.63) is 48.0 Å². The molecule has 0 N–H and O–H groups in total. The third kappa shape index (κ3) is 1.78. The predicted octanol–water partition coefficient (Wildman–Crippen LogP) is 1.85. The average Bonchev–Trinajstić information content (AvgIpc) is 2.59. The summed E-state index contributed by atoms with van der Waals surface area (Å²) in [5, 5.41) is 0. The Morgan fingerprint density at radius 2 is 1.53 bits per heavy atom. The zero-order chi connectivity index (χ0) is 10.8. The highest BCUT2D eigenvalue weighted by Gasteiger charge is 2.30. The van der Waals surface area contributed by atoms with Gasteiger partial charge >= 0.3 is 0 Å². The zero-order valence-electron chi connectivity index (χ0n) is 7.76. The first-order valence-electron chi connectivity index (χ1n) is 4.44. The van der Waals surface area contributed by atoms with Gasteiger partial charge in [0.15, 0.2) is 0 Å². The Kier molecular flexibility index (Phi) is 2.56. The molecule has 1 atom stereocenters. The van der Waals surface area contributed by atoms with Crippen LogP contribution in [0.4, 0.5) is 0 Å². The van der Waals surface area contributed by atoms with E-state index >= 15 is 0 Å². The summed E-state index contributed by atoms with van der Waals surface area (Å²) in [5.41, 5.74) is -0.00855. The minimum Gasteiger partial charge on any atom is -0.269 e. The molecule has 1 aromatic rings. The fourth-order valence-corrected chi connectivity index (χ4v) is 1.73. The first-order chi connectivity index (χ1) is 7.20. The smallest absolute Gasteiger partial charge is 0.255 e. The molecule has 0 aliphatic carbocycles. The van der Waals surface area contributed by atoms with Crippen molar-refractivity contribution in [1.82, 2.24) is 4.90 Å². The Morgan fingerprint density at radius 3 is 2.07 bits per heavy atom. The molecule has 0 saturated heterocycles. The number of halogens is 1. The van der Waals surface area contributed by atoms with Gasteiger partial charge in [-0.3, -0.25) is 14.5 Å². The molecule has 1 aromatic carbocycles. The molecular weight excluding hydrogens is 214 g/mol. The second-order valence-electron chi connectivity index (χ2n) is 3.13. The highest BCUT2D eigenvalue weighted by Crippen LogP contribution is 2.27. The van der Waals surface area contributed by atoms with Gasteiger partial charge in [0.1, 0.15) is 5.50 Å². The van der Waals surface area contributed by atoms with Crippen LogP contribution in [0.3, 0.4) is 0 Å². The van der Waals surface area contributed by atoms with Gasteiger partial charge in [-0.1, -0.05) is 41.9 Å². The molecule has 76 valence electrons. The van der Waals surface area contributed by atoms with E-state index in [-0.39, 0.29) is 11.8 Å². The van der Waals surface area contributed by atoms with Crippen molar-refractivity contribution in [2.24, 2.45) is 0 Å². The summed E-state index contributed by atoms with van der Waals surface area (Å²) in [6, 6.07) is 9.01. The molecule has 15 heavy (non-hydrogen) atoms. The Hall–Kier alpha value is -1.61. The summed E-state index contributed by atoms with van der Waals surface area (Å²) in [6.45, 7) is 0. The van der Waals surface area contributed by atoms with Crippen molar-refractivity contribution in [3.63, 3.8) is 0 Å². The van der Waals surface area contributed by atoms with E-state index < -0.39 is 5.50 Å². The topological polar surface area (TPSA) is 37.4 Å². The van der Waals surface area contributed by atoms with Crippen molar-refractivity contribution in [1.29, 1.82) is 0 Å². The maximum Gasteiger partial charge on any atom is 0.255 e. The van der Waals surface area contributed by atoms with Crippen LogP contribution in [0.25, 0.3) is 0 Å². The standard InChI is InChI=1S/C11H8ClNO2/c12-11(8-4-2-1-3-5-8)13-9(14)6-7-10(13)15/h1-7,11H. The van der Waals surface area contributed by atoms with E-state index in [1.54, 1.807) is 12.1 Å². The van der Waals surface area contributed by atoms with E-state index in [1.165, 1.54) is 12.2 Å². The van der Waals surface area contributed by atoms with Crippen molar-refractivity contribution < 1.29 is 9.59 Å². The van der Waals surface area contributed by atoms with Crippen LogP contribution in [-0.4, -0.2) is 16.7 Å². The normalized spacial score (nSPS) is 17.3. The largest absolute Gasteiger partial charge is 0.269 e. The van der Waals surface area contributed by atoms with Gasteiger partial charge in [0, 0.05) is 12.2 Å². The summed E-state index contributed by atoms with van der Waals surface area (Å²) in [6.07, 6.45) is 2.45. The Bertz CT molecular complexity index is 409. The van der Waals surface area contributed by atoms with Gasteiger partial charge in [0.05, 0.1) is 0 Å². The summed E-state index contributed by atoms with van der Waals surface area (Å²) < 4.78 is 0. The van der Waals surface area contributed by atoms with E-state index in [2.05, 4.69) is 0 Å². The maximum absolute atomic E-state index is 11.3. The van der Waals surface area contributed by atoms with Crippen LogP contribution >= 0.6 is 11.6 Å². The van der Waals surface area contributed by atoms with Gasteiger partial charge in [0.2, 0.25) is 0 Å². The quantitative estimate of drug-likeness (QED) is 0.434. The lowest BCUT2D eigenvalue weighted by atomic mass is 10.2. The number of benzene rings is 1. The van der Waals surface area contributed by atoms with Crippen LogP contribution in [0.5, 0.6) is 0 Å². The third-order valence-corrected chi connectivity index (χ3v) is 2.59. The number of hydrogen-bond acceptors (Lipinski definition) is 2. The molecule has 2 rings (SSSR count). The number of amides is 2. The van der Waals surface area contributed by atoms with E-state index in [1.807, 2.05) is 18.2 Å². The molecule has 0 spiro atoms. The number of imide groups is 1. The number of hydrogen-bond donors (Lipinski definition) is 0. The first kappa shape index (κ1) is 9.93. The predicted molar refractivity (Wildman–Crippen MR) is 56.0 cm³/mol. The van der Waals surface area contributed by atoms with Crippen LogP contribution in [0.15, 0.2) is 42.5 Å². The lowest BCUT2D eigenvalue weighted by Crippen LogP contribution is -2.31. The Morgan fingerprint density at radius 1 is 1.00 bits per heavy atom. The third-order valence-electron chi connectivity index (χ3n) is 2.14. The zero-order valence-corrected chi connectivity index (χ0v) is 8.52. The molecule has 1 heterocycles. The molecular formula is C11H8ClNO2. The van der Waals surface area contributed by atoms with Crippen molar-refractivity contribution in [3.8, 4) is 0 Å². The number of carbonyl (C=O) groups is 2. The molecule has 0 radical (unpaired) electrons. The second kappa shape index (κ2) is 3.87. The molecule has 2 amide bonds. The van der Waals surface area contributed by atoms with Gasteiger partial charge < -0.3 is 0 Å². The number of nitrogens with zero attached hydrogens (tertiary/aromatic N) is 1. The van der Waals surface area contributed by atoms with E-state index in [0.717, 1.165) is 10.5 Å². The van der Waals surface area contributed by atoms with Gasteiger partial charge in [-0.15, -0.1) is 0 Å². The number of carbonyl (C=O) groups excluding carboxylic acids is 2. The molecule has 0 saturated carbocycles. The van der Waals surface area contributed by atoms with E-state index in [4.69, 9.17) is 11.6 Å². The van der Waals surface area contributed by atoms with Crippen LogP contribution in [0, 0.1) is 0 Å². The molecule has 4 heteroatoms. The molecule has 0 bridgehead atoms. The molecule has 1 unspecified atom stereocenters. The molecule has 3 nitrogen and oxygen atoms in total. The van der Waals surface area contributed by atoms with Crippen molar-refractivity contribution >= 4 is 23.4 Å². The number of rotatable bonds is 2. The minimum atomic E-state index is -0.735. The summed E-state index contributed by atoms with van der Waals surface area (Å²) in [7, 11) is 0. The van der Waals surface area contributed by atoms with E-state index in [0.29, 0.717) is 0 Å². The van der Waals surface area contributed by atoms with Crippen LogP contribution in [0.1, 0.15) is 11.1 Å². The average molecular weight is 222 g/mol. The molecule has 0 aromatic heterocycles. The lowest BCUT2D eigenvalue weighted by molar-refractivity contribution is -0.137. The van der Waals surface area contributed by atoms with Crippen LogP contribution < -0.4 is 0 Å². The fraction of sp³-hybridized carbons (Fsp3) is 0.0909. The van der Waals surface area contributed by atoms with Crippen LogP contribution in [-0.2, 0) is 9.59 Å². The van der Waals surface area contributed by atoms with Gasteiger partial charge in [-0.25, -0.2) is 0 Å². The molecule has 0 fully saturated rings. The summed E-state index contributed by atoms with van der Waals surface area (Å²) in [5.74, 6) is -0.743. The van der Waals surface area contributed by atoms with Gasteiger partial charge in [-0.2, -0.15) is 0 Å². The lowest BCUT2D eigenvalue weighted by Gasteiger charge is -2.20. The minimum absolute atomic E-state index is 0.371. The van der Waals surface area contributed by atoms with Gasteiger partial charge in [-0.05, 0) is 5.56 Å². The Labute approximate surface area is 91.9 Å². The van der Waals surface area contributed by atoms with E-state index in [9.17, 15) is 9.59 Å². The van der Waals surface area contributed by atoms with Crippen LogP contribution in [0.2, 0.25) is 0 Å². The number of alkyl halides is 1. The summed E-state index contributed by atoms with van der Waals surface area (Å²) in [4.78, 5) is 23.7. The monoisotopic (exact) mass is 221 g/mol. The highest BCUT2D eigenvalue weighted by atomic mass is 35.5. The fourth-order valence-electron chi connectivity index (χ4n) is 1.40. The second-order valence-corrected chi connectivity index (χ2v) is 3.54. The molecule has 1 aliphatic heterocycles. The SMILES string of the molecule is O=C1C=CC(=O)N1C(Cl)c1ccccc1. The van der Waals surface area contributed by atoms with Crippen molar-refractivity contribution in [2.75, 3.05) is 0 Å². The maximum atomic E-state index is 11.3. The van der Waals surface area contributed by atoms with Gasteiger partial charge in [0.25, 0.3) is 11.8 Å². The first-order valence-corrected chi connectivity index (χ1v) is 4.88. The Balaban J connectivity index is 2.26. The summed E-state index contributed by atoms with van der Waals surface area (Å²) >= 11 is 6.05.